The lowest BCUT2D eigenvalue weighted by atomic mass is 9.84. The number of rotatable bonds is 4. The van der Waals surface area contributed by atoms with Gasteiger partial charge < -0.3 is 4.42 Å². The largest absolute Gasteiger partial charge is 0.456 e. The van der Waals surface area contributed by atoms with Gasteiger partial charge in [-0.3, -0.25) is 0 Å². The molecule has 10 rings (SSSR count). The highest BCUT2D eigenvalue weighted by molar-refractivity contribution is 6.25. The molecule has 228 valence electrons. The molecule has 1 heterocycles. The predicted octanol–water partition coefficient (Wildman–Crippen LogP) is 13.7. The van der Waals surface area contributed by atoms with E-state index in [4.69, 9.17) is 11.3 Å². The number of fused-ring (bicyclic) bond motifs is 6. The van der Waals surface area contributed by atoms with E-state index in [0.717, 1.165) is 48.8 Å². The number of benzene rings is 9. The summed E-state index contributed by atoms with van der Waals surface area (Å²) >= 11 is 0. The molecule has 0 bridgehead atoms. The first kappa shape index (κ1) is 20.0. The highest BCUT2D eigenvalue weighted by Crippen LogP contribution is 2.47. The molecule has 0 aliphatic rings. The van der Waals surface area contributed by atoms with Crippen molar-refractivity contribution in [3.05, 3.63) is 182 Å². The average molecular weight is 632 g/mol. The van der Waals surface area contributed by atoms with Gasteiger partial charge in [-0.15, -0.1) is 0 Å². The first-order valence-corrected chi connectivity index (χ1v) is 16.1. The summed E-state index contributed by atoms with van der Waals surface area (Å²) in [7, 11) is 0. The summed E-state index contributed by atoms with van der Waals surface area (Å²) in [5.41, 5.74) is 5.15. The Hall–Kier alpha value is -6.44. The molecule has 0 atom stereocenters. The van der Waals surface area contributed by atoms with E-state index >= 15 is 0 Å². The second-order valence-electron chi connectivity index (χ2n) is 12.1. The van der Waals surface area contributed by atoms with Crippen LogP contribution in [0.5, 0.6) is 0 Å². The minimum absolute atomic E-state index is 0.103. The van der Waals surface area contributed by atoms with Crippen LogP contribution in [0.25, 0.3) is 98.8 Å². The van der Waals surface area contributed by atoms with Gasteiger partial charge in [-0.1, -0.05) is 164 Å². The van der Waals surface area contributed by atoms with Crippen LogP contribution in [-0.2, 0) is 0 Å². The molecule has 0 saturated carbocycles. The highest BCUT2D eigenvalue weighted by Gasteiger charge is 2.20. The molecule has 10 aromatic rings. The van der Waals surface area contributed by atoms with Crippen molar-refractivity contribution >= 4 is 54.3 Å². The van der Waals surface area contributed by atoms with Gasteiger partial charge >= 0.3 is 0 Å². The first-order valence-electron chi connectivity index (χ1n) is 20.6. The zero-order valence-electron chi connectivity index (χ0n) is 35.0. The van der Waals surface area contributed by atoms with Crippen molar-refractivity contribution in [2.24, 2.45) is 0 Å². The van der Waals surface area contributed by atoms with E-state index in [-0.39, 0.29) is 52.9 Å². The van der Waals surface area contributed by atoms with Crippen molar-refractivity contribution in [3.8, 4) is 44.5 Å². The monoisotopic (exact) mass is 631 g/mol. The molecular formula is C48H30O. The Bertz CT molecular complexity index is 3280. The van der Waals surface area contributed by atoms with Crippen molar-refractivity contribution in [3.63, 3.8) is 0 Å². The summed E-state index contributed by atoms with van der Waals surface area (Å²) in [6.45, 7) is 0. The molecule has 0 fully saturated rings. The first-order chi connectivity index (χ1) is 28.1. The predicted molar refractivity (Wildman–Crippen MR) is 208 cm³/mol. The minimum Gasteiger partial charge on any atom is -0.456 e. The molecular weight excluding hydrogens is 593 g/mol. The minimum atomic E-state index is -0.452. The van der Waals surface area contributed by atoms with Crippen molar-refractivity contribution in [2.45, 2.75) is 0 Å². The molecule has 0 aliphatic carbocycles. The Balaban J connectivity index is 1.27. The summed E-state index contributed by atoms with van der Waals surface area (Å²) < 4.78 is 86.1. The lowest BCUT2D eigenvalue weighted by Crippen LogP contribution is -1.91. The van der Waals surface area contributed by atoms with Gasteiger partial charge in [0.15, 0.2) is 0 Å². The molecule has 0 spiro atoms. The van der Waals surface area contributed by atoms with E-state index in [1.54, 1.807) is 12.1 Å². The fourth-order valence-corrected chi connectivity index (χ4v) is 7.29. The summed E-state index contributed by atoms with van der Waals surface area (Å²) in [5, 5.41) is 6.43. The SMILES string of the molecule is [2H]c1c([2H])c([2H])c(-c2ccc3oc4cccc(-c5c6ccccc6c(-c6c([2H])c([2H])c(-c7cccc8ccccc78)c([2H])c6[2H])c6ccccc56)c4c3c2)c([2H])c1[2H]. The Morgan fingerprint density at radius 1 is 0.367 bits per heavy atom. The van der Waals surface area contributed by atoms with E-state index in [1.807, 2.05) is 115 Å². The van der Waals surface area contributed by atoms with Gasteiger partial charge in [0, 0.05) is 10.8 Å². The summed E-state index contributed by atoms with van der Waals surface area (Å²) in [6.07, 6.45) is 0. The lowest BCUT2D eigenvalue weighted by Gasteiger charge is -2.18. The summed E-state index contributed by atoms with van der Waals surface area (Å²) in [5.74, 6) is 0. The van der Waals surface area contributed by atoms with Gasteiger partial charge in [0.25, 0.3) is 0 Å². The van der Waals surface area contributed by atoms with Crippen molar-refractivity contribution < 1.29 is 16.8 Å². The molecule has 0 saturated heterocycles. The maximum atomic E-state index is 9.51. The van der Waals surface area contributed by atoms with Crippen LogP contribution in [0.1, 0.15) is 12.3 Å². The van der Waals surface area contributed by atoms with Crippen LogP contribution in [-0.4, -0.2) is 0 Å². The third kappa shape index (κ3) is 4.40. The summed E-state index contributed by atoms with van der Waals surface area (Å²) in [4.78, 5) is 0. The van der Waals surface area contributed by atoms with E-state index in [9.17, 15) is 5.48 Å². The normalized spacial score (nSPS) is 14.2. The third-order valence-corrected chi connectivity index (χ3v) is 9.42. The van der Waals surface area contributed by atoms with Crippen molar-refractivity contribution in [2.75, 3.05) is 0 Å². The van der Waals surface area contributed by atoms with Crippen LogP contribution in [0, 0.1) is 0 Å². The average Bonchev–Trinajstić information content (AvgIpc) is 3.63. The Labute approximate surface area is 297 Å². The van der Waals surface area contributed by atoms with E-state index in [0.29, 0.717) is 33.2 Å². The molecule has 49 heavy (non-hydrogen) atoms. The second-order valence-corrected chi connectivity index (χ2v) is 12.1. The maximum absolute atomic E-state index is 9.51. The van der Waals surface area contributed by atoms with Crippen molar-refractivity contribution in [1.29, 1.82) is 0 Å². The zero-order valence-corrected chi connectivity index (χ0v) is 26.0. The van der Waals surface area contributed by atoms with Gasteiger partial charge in [0.2, 0.25) is 0 Å². The Morgan fingerprint density at radius 2 is 0.959 bits per heavy atom. The highest BCUT2D eigenvalue weighted by atomic mass is 16.3. The van der Waals surface area contributed by atoms with Crippen LogP contribution >= 0.6 is 0 Å². The quantitative estimate of drug-likeness (QED) is 0.176. The fourth-order valence-electron chi connectivity index (χ4n) is 7.29. The molecule has 0 radical (unpaired) electrons. The maximum Gasteiger partial charge on any atom is 0.136 e. The molecule has 1 heteroatoms. The molecule has 1 aromatic heterocycles. The van der Waals surface area contributed by atoms with E-state index in [1.165, 1.54) is 0 Å². The second kappa shape index (κ2) is 11.1. The molecule has 0 aliphatic heterocycles. The van der Waals surface area contributed by atoms with Gasteiger partial charge in [-0.25, -0.2) is 0 Å². The van der Waals surface area contributed by atoms with Crippen LogP contribution in [0.4, 0.5) is 0 Å². The molecule has 0 unspecified atom stereocenters. The van der Waals surface area contributed by atoms with Crippen LogP contribution in [0.15, 0.2) is 186 Å². The van der Waals surface area contributed by atoms with E-state index in [2.05, 4.69) is 0 Å². The number of hydrogen-bond acceptors (Lipinski definition) is 1. The van der Waals surface area contributed by atoms with Gasteiger partial charge in [-0.05, 0) is 95.0 Å². The van der Waals surface area contributed by atoms with Crippen molar-refractivity contribution in [1.82, 2.24) is 0 Å². The number of furan rings is 1. The molecule has 0 amide bonds. The Morgan fingerprint density at radius 3 is 1.69 bits per heavy atom. The molecule has 0 N–H and O–H groups in total. The van der Waals surface area contributed by atoms with Crippen LogP contribution < -0.4 is 0 Å². The topological polar surface area (TPSA) is 13.1 Å². The van der Waals surface area contributed by atoms with Gasteiger partial charge in [0.05, 0.1) is 12.3 Å². The smallest absolute Gasteiger partial charge is 0.136 e. The van der Waals surface area contributed by atoms with Crippen LogP contribution in [0.2, 0.25) is 0 Å². The third-order valence-electron chi connectivity index (χ3n) is 9.42. The number of hydrogen-bond donors (Lipinski definition) is 0. The molecule has 9 aromatic carbocycles. The lowest BCUT2D eigenvalue weighted by molar-refractivity contribution is 0.669. The fraction of sp³-hybridized carbons (Fsp3) is 0. The van der Waals surface area contributed by atoms with Gasteiger partial charge in [-0.2, -0.15) is 0 Å². The Kier molecular flexibility index (Phi) is 4.53. The summed E-state index contributed by atoms with van der Waals surface area (Å²) in [6, 6.07) is 37.8. The van der Waals surface area contributed by atoms with Crippen LogP contribution in [0.3, 0.4) is 0 Å². The standard InChI is InChI=1S/C48H30O/c1-2-12-31(13-3-1)35-28-29-44-43(30-35)48-42(22-11-23-45(48)49-44)47-40-19-8-6-17-38(40)46(39-18-7-9-20-41(39)47)34-26-24-33(25-27-34)37-21-10-15-32-14-4-5-16-36(32)37/h1-30H/i1D,2D,3D,12D,13D,24D,25D,26D,27D. The molecule has 1 nitrogen and oxygen atoms in total. The van der Waals surface area contributed by atoms with Gasteiger partial charge in [0.1, 0.15) is 11.2 Å². The zero-order chi connectivity index (χ0) is 40.1. The van der Waals surface area contributed by atoms with E-state index < -0.39 is 18.1 Å².